The maximum absolute atomic E-state index is 12.7. The van der Waals surface area contributed by atoms with Gasteiger partial charge in [-0.25, -0.2) is 0 Å². The van der Waals surface area contributed by atoms with Gasteiger partial charge in [-0.2, -0.15) is 5.26 Å². The summed E-state index contributed by atoms with van der Waals surface area (Å²) in [6, 6.07) is 18.8. The molecule has 3 aromatic rings. The minimum absolute atomic E-state index is 0.00834. The van der Waals surface area contributed by atoms with Crippen molar-refractivity contribution in [3.8, 4) is 17.7 Å². The molecule has 6 nitrogen and oxygen atoms in total. The van der Waals surface area contributed by atoms with Crippen molar-refractivity contribution >= 4 is 11.9 Å². The zero-order chi connectivity index (χ0) is 21.5. The van der Waals surface area contributed by atoms with Gasteiger partial charge in [0.2, 0.25) is 5.88 Å². The Hall–Kier alpha value is -3.85. The van der Waals surface area contributed by atoms with E-state index in [4.69, 9.17) is 4.74 Å². The van der Waals surface area contributed by atoms with Crippen LogP contribution in [-0.4, -0.2) is 22.5 Å². The number of nitriles is 1. The second-order valence-corrected chi connectivity index (χ2v) is 6.73. The summed E-state index contributed by atoms with van der Waals surface area (Å²) in [5.41, 5.74) is 1.97. The highest BCUT2D eigenvalue weighted by atomic mass is 16.5. The average Bonchev–Trinajstić information content (AvgIpc) is 2.76. The lowest BCUT2D eigenvalue weighted by molar-refractivity contribution is 0.340. The highest BCUT2D eigenvalue weighted by Crippen LogP contribution is 2.23. The molecule has 1 heterocycles. The molecule has 1 N–H and O–H groups in total. The average molecular weight is 401 g/mol. The van der Waals surface area contributed by atoms with E-state index in [-0.39, 0.29) is 18.0 Å². The van der Waals surface area contributed by atoms with Crippen LogP contribution < -0.4 is 10.3 Å². The molecule has 0 fully saturated rings. The first-order valence-electron chi connectivity index (χ1n) is 9.72. The quantitative estimate of drug-likeness (QED) is 0.603. The minimum Gasteiger partial charge on any atom is -0.494 e. The first-order chi connectivity index (χ1) is 14.5. The lowest BCUT2D eigenvalue weighted by Crippen LogP contribution is -2.26. The third kappa shape index (κ3) is 4.58. The molecule has 1 aromatic heterocycles. The maximum atomic E-state index is 12.7. The van der Waals surface area contributed by atoms with E-state index in [0.717, 1.165) is 11.3 Å². The van der Waals surface area contributed by atoms with Crippen LogP contribution in [0.4, 0.5) is 5.69 Å². The Morgan fingerprint density at radius 2 is 1.87 bits per heavy atom. The van der Waals surface area contributed by atoms with Crippen LogP contribution in [0.25, 0.3) is 0 Å². The molecule has 0 saturated carbocycles. The minimum atomic E-state index is -0.498. The van der Waals surface area contributed by atoms with E-state index < -0.39 is 5.56 Å². The second kappa shape index (κ2) is 9.57. The van der Waals surface area contributed by atoms with Crippen LogP contribution in [0.15, 0.2) is 64.4 Å². The van der Waals surface area contributed by atoms with Crippen LogP contribution in [0.1, 0.15) is 29.2 Å². The number of benzene rings is 2. The predicted octanol–water partition coefficient (Wildman–Crippen LogP) is 4.13. The standard InChI is InChI=1S/C24H23N3O3/c1-3-30-20-11-9-19(10-12-20)26-16-22-17(2)21(15-25)23(28)27(24(22)29)14-13-18-7-5-4-6-8-18/h4-12,16,29H,3,13-14H2,1-2H3. The van der Waals surface area contributed by atoms with Crippen molar-refractivity contribution in [1.29, 1.82) is 5.26 Å². The van der Waals surface area contributed by atoms with Gasteiger partial charge in [-0.1, -0.05) is 30.3 Å². The lowest BCUT2D eigenvalue weighted by Gasteiger charge is -2.14. The highest BCUT2D eigenvalue weighted by molar-refractivity contribution is 5.87. The Balaban J connectivity index is 1.95. The van der Waals surface area contributed by atoms with Gasteiger partial charge >= 0.3 is 0 Å². The number of hydrogen-bond donors (Lipinski definition) is 1. The molecule has 0 amide bonds. The summed E-state index contributed by atoms with van der Waals surface area (Å²) in [6.07, 6.45) is 2.04. The topological polar surface area (TPSA) is 87.6 Å². The smallest absolute Gasteiger partial charge is 0.271 e. The monoisotopic (exact) mass is 401 g/mol. The molecular weight excluding hydrogens is 378 g/mol. The largest absolute Gasteiger partial charge is 0.494 e. The van der Waals surface area contributed by atoms with E-state index in [2.05, 4.69) is 4.99 Å². The van der Waals surface area contributed by atoms with E-state index in [1.54, 1.807) is 19.1 Å². The van der Waals surface area contributed by atoms with Crippen LogP contribution in [0.3, 0.4) is 0 Å². The first-order valence-corrected chi connectivity index (χ1v) is 9.72. The van der Waals surface area contributed by atoms with E-state index in [9.17, 15) is 15.2 Å². The molecule has 0 atom stereocenters. The van der Waals surface area contributed by atoms with Gasteiger partial charge in [-0.3, -0.25) is 14.4 Å². The number of aromatic hydroxyl groups is 1. The number of nitrogens with zero attached hydrogens (tertiary/aromatic N) is 3. The van der Waals surface area contributed by atoms with Crippen molar-refractivity contribution in [3.05, 3.63) is 87.2 Å². The maximum Gasteiger partial charge on any atom is 0.271 e. The molecule has 3 rings (SSSR count). The summed E-state index contributed by atoms with van der Waals surface area (Å²) in [5, 5.41) is 20.3. The summed E-state index contributed by atoms with van der Waals surface area (Å²) in [7, 11) is 0. The fourth-order valence-corrected chi connectivity index (χ4v) is 3.15. The third-order valence-corrected chi connectivity index (χ3v) is 4.80. The molecule has 0 aliphatic carbocycles. The Labute approximate surface area is 175 Å². The number of rotatable bonds is 7. The van der Waals surface area contributed by atoms with Gasteiger partial charge in [0, 0.05) is 12.8 Å². The van der Waals surface area contributed by atoms with Crippen molar-refractivity contribution in [2.24, 2.45) is 4.99 Å². The number of ether oxygens (including phenoxy) is 1. The summed E-state index contributed by atoms with van der Waals surface area (Å²) in [6.45, 7) is 4.39. The van der Waals surface area contributed by atoms with Crippen molar-refractivity contribution in [2.75, 3.05) is 6.61 Å². The van der Waals surface area contributed by atoms with E-state index in [1.807, 2.05) is 55.5 Å². The van der Waals surface area contributed by atoms with Crippen molar-refractivity contribution in [3.63, 3.8) is 0 Å². The van der Waals surface area contributed by atoms with Crippen LogP contribution in [0, 0.1) is 18.3 Å². The van der Waals surface area contributed by atoms with Gasteiger partial charge in [0.05, 0.1) is 17.9 Å². The van der Waals surface area contributed by atoms with Gasteiger partial charge in [0.25, 0.3) is 5.56 Å². The van der Waals surface area contributed by atoms with Crippen LogP contribution in [0.2, 0.25) is 0 Å². The zero-order valence-corrected chi connectivity index (χ0v) is 17.0. The molecule has 0 bridgehead atoms. The molecule has 152 valence electrons. The van der Waals surface area contributed by atoms with E-state index >= 15 is 0 Å². The second-order valence-electron chi connectivity index (χ2n) is 6.73. The molecule has 30 heavy (non-hydrogen) atoms. The Bertz CT molecular complexity index is 1140. The van der Waals surface area contributed by atoms with Crippen molar-refractivity contribution < 1.29 is 9.84 Å². The zero-order valence-electron chi connectivity index (χ0n) is 17.0. The van der Waals surface area contributed by atoms with Crippen molar-refractivity contribution in [1.82, 2.24) is 4.57 Å². The third-order valence-electron chi connectivity index (χ3n) is 4.80. The number of hydrogen-bond acceptors (Lipinski definition) is 5. The molecule has 0 radical (unpaired) electrons. The fourth-order valence-electron chi connectivity index (χ4n) is 3.15. The number of aliphatic imine (C=N–C) groups is 1. The Kier molecular flexibility index (Phi) is 6.66. The van der Waals surface area contributed by atoms with Gasteiger partial charge in [0.15, 0.2) is 0 Å². The molecular formula is C24H23N3O3. The van der Waals surface area contributed by atoms with Crippen LogP contribution in [0.5, 0.6) is 11.6 Å². The normalized spacial score (nSPS) is 10.8. The number of aryl methyl sites for hydroxylation is 1. The SMILES string of the molecule is CCOc1ccc(N=Cc2c(C)c(C#N)c(=O)n(CCc3ccccc3)c2O)cc1. The van der Waals surface area contributed by atoms with Gasteiger partial charge < -0.3 is 9.84 Å². The Morgan fingerprint density at radius 1 is 1.17 bits per heavy atom. The summed E-state index contributed by atoms with van der Waals surface area (Å²) < 4.78 is 6.65. The lowest BCUT2D eigenvalue weighted by atomic mass is 10.1. The number of aromatic nitrogens is 1. The summed E-state index contributed by atoms with van der Waals surface area (Å²) in [5.74, 6) is 0.554. The first kappa shape index (κ1) is 20.9. The van der Waals surface area contributed by atoms with Crippen molar-refractivity contribution in [2.45, 2.75) is 26.8 Å². The Morgan fingerprint density at radius 3 is 2.50 bits per heavy atom. The molecule has 0 aliphatic rings. The molecule has 0 aliphatic heterocycles. The fraction of sp³-hybridized carbons (Fsp3) is 0.208. The molecule has 0 unspecified atom stereocenters. The van der Waals surface area contributed by atoms with E-state index in [0.29, 0.717) is 29.8 Å². The van der Waals surface area contributed by atoms with Gasteiger partial charge in [-0.05, 0) is 55.7 Å². The van der Waals surface area contributed by atoms with E-state index in [1.165, 1.54) is 10.8 Å². The molecule has 0 spiro atoms. The molecule has 0 saturated heterocycles. The van der Waals surface area contributed by atoms with Gasteiger partial charge in [0.1, 0.15) is 17.4 Å². The highest BCUT2D eigenvalue weighted by Gasteiger charge is 2.18. The van der Waals surface area contributed by atoms with Crippen LogP contribution >= 0.6 is 0 Å². The predicted molar refractivity (Wildman–Crippen MR) is 117 cm³/mol. The van der Waals surface area contributed by atoms with Gasteiger partial charge in [-0.15, -0.1) is 0 Å². The summed E-state index contributed by atoms with van der Waals surface area (Å²) in [4.78, 5) is 17.1. The molecule has 6 heteroatoms. The van der Waals surface area contributed by atoms with Crippen LogP contribution in [-0.2, 0) is 13.0 Å². The summed E-state index contributed by atoms with van der Waals surface area (Å²) >= 11 is 0. The molecule has 2 aromatic carbocycles. The number of pyridine rings is 1.